The Balaban J connectivity index is 0.899. The molecule has 3 aromatic carbocycles. The maximum absolute atomic E-state index is 14.5. The van der Waals surface area contributed by atoms with Crippen LogP contribution in [0.15, 0.2) is 89.5 Å². The second-order valence-corrected chi connectivity index (χ2v) is 21.5. The Bertz CT molecular complexity index is 2880. The molecule has 1 atom stereocenters. The number of fused-ring (bicyclic) bond motifs is 2. The molecule has 19 heteroatoms. The van der Waals surface area contributed by atoms with Crippen LogP contribution in [-0.4, -0.2) is 136 Å². The van der Waals surface area contributed by atoms with E-state index in [2.05, 4.69) is 55.7 Å². The summed E-state index contributed by atoms with van der Waals surface area (Å²) < 4.78 is 47.7. The number of allylic oxidation sites excluding steroid dienone is 1. The fourth-order valence-electron chi connectivity index (χ4n) is 10.1. The van der Waals surface area contributed by atoms with Gasteiger partial charge in [0.1, 0.15) is 17.0 Å². The number of sulfonamides is 1. The van der Waals surface area contributed by atoms with E-state index in [-0.39, 0.29) is 29.3 Å². The van der Waals surface area contributed by atoms with Crippen LogP contribution in [0.4, 0.5) is 28.4 Å². The third-order valence-corrected chi connectivity index (χ3v) is 15.7. The van der Waals surface area contributed by atoms with Crippen LogP contribution in [0.1, 0.15) is 55.5 Å². The predicted molar refractivity (Wildman–Crippen MR) is 266 cm³/mol. The van der Waals surface area contributed by atoms with Crippen molar-refractivity contribution in [2.75, 3.05) is 100 Å². The van der Waals surface area contributed by atoms with Crippen molar-refractivity contribution < 1.29 is 32.3 Å². The molecular formula is C50H58ClN9O8S. The van der Waals surface area contributed by atoms with E-state index in [0.29, 0.717) is 74.9 Å². The molecule has 1 aliphatic carbocycles. The summed E-state index contributed by atoms with van der Waals surface area (Å²) in [5.41, 5.74) is 6.80. The number of hydrogen-bond donors (Lipinski definition) is 3. The molecule has 6 heterocycles. The maximum atomic E-state index is 14.5. The zero-order valence-electron chi connectivity index (χ0n) is 38.9. The molecule has 0 spiro atoms. The number of nitro groups is 1. The van der Waals surface area contributed by atoms with Crippen molar-refractivity contribution in [1.29, 1.82) is 0 Å². The molecule has 4 aliphatic heterocycles. The number of anilines is 4. The lowest BCUT2D eigenvalue weighted by molar-refractivity contribution is -0.384. The molecule has 364 valence electrons. The Morgan fingerprint density at radius 1 is 0.971 bits per heavy atom. The number of piperazine rings is 1. The van der Waals surface area contributed by atoms with Gasteiger partial charge in [-0.1, -0.05) is 43.2 Å². The number of nitro benzene ring substituents is 1. The number of nitrogens with zero attached hydrogens (tertiary/aromatic N) is 6. The zero-order chi connectivity index (χ0) is 47.9. The Morgan fingerprint density at radius 3 is 2.55 bits per heavy atom. The van der Waals surface area contributed by atoms with Gasteiger partial charge in [0.25, 0.3) is 21.6 Å². The van der Waals surface area contributed by atoms with Gasteiger partial charge in [0.2, 0.25) is 5.88 Å². The third kappa shape index (κ3) is 10.3. The molecule has 0 bridgehead atoms. The standard InChI is InChI=1S/C50H58ClN9O8S/c1-50(2)14-12-35(42(27-50)33-4-6-36(51)7-5-33)29-56-17-19-57(20-18-56)37-8-10-41(44(25-37)59-16-3-22-68-49-46(59)24-34-13-15-52-47(34)54-49)48(61)55-69(64,65)40-9-11-43(45(26-40)60(62)63)53-28-39-30-58(21-23-67-39)38-31-66-32-38/h4-11,13,15,24-26,38-39,53H,3,12,14,16-23,27-32H2,1-2H3,(H,52,54)(H,55,61)/t39-/m0/s1. The molecule has 0 unspecified atom stereocenters. The lowest BCUT2D eigenvalue weighted by atomic mass is 9.72. The normalized spacial score (nSPS) is 20.5. The summed E-state index contributed by atoms with van der Waals surface area (Å²) in [5.74, 6) is -0.495. The largest absolute Gasteiger partial charge is 0.476 e. The molecule has 10 rings (SSSR count). The molecule has 5 aromatic rings. The van der Waals surface area contributed by atoms with Crippen LogP contribution in [0.25, 0.3) is 16.6 Å². The molecular weight excluding hydrogens is 922 g/mol. The van der Waals surface area contributed by atoms with Gasteiger partial charge in [-0.25, -0.2) is 13.1 Å². The zero-order valence-corrected chi connectivity index (χ0v) is 40.5. The van der Waals surface area contributed by atoms with E-state index < -0.39 is 31.4 Å². The molecule has 0 saturated carbocycles. The first-order chi connectivity index (χ1) is 33.3. The summed E-state index contributed by atoms with van der Waals surface area (Å²) in [6.07, 6.45) is 5.36. The number of morpholine rings is 1. The minimum atomic E-state index is -4.61. The monoisotopic (exact) mass is 979 g/mol. The number of aromatic amines is 1. The second kappa shape index (κ2) is 19.6. The summed E-state index contributed by atoms with van der Waals surface area (Å²) in [6, 6.07) is 21.5. The number of halogens is 1. The first-order valence-electron chi connectivity index (χ1n) is 23.8. The van der Waals surface area contributed by atoms with Gasteiger partial charge < -0.3 is 34.3 Å². The molecule has 3 fully saturated rings. The molecule has 3 saturated heterocycles. The molecule has 0 radical (unpaired) electrons. The van der Waals surface area contributed by atoms with Crippen LogP contribution in [0.3, 0.4) is 0 Å². The fourth-order valence-corrected chi connectivity index (χ4v) is 11.2. The van der Waals surface area contributed by atoms with Crippen molar-refractivity contribution in [3.05, 3.63) is 111 Å². The van der Waals surface area contributed by atoms with Gasteiger partial charge in [0.15, 0.2) is 0 Å². The van der Waals surface area contributed by atoms with Crippen molar-refractivity contribution in [3.8, 4) is 5.88 Å². The van der Waals surface area contributed by atoms with Gasteiger partial charge in [-0.15, -0.1) is 0 Å². The van der Waals surface area contributed by atoms with Gasteiger partial charge in [-0.2, -0.15) is 4.98 Å². The highest BCUT2D eigenvalue weighted by Crippen LogP contribution is 2.44. The molecule has 3 N–H and O–H groups in total. The van der Waals surface area contributed by atoms with E-state index in [9.17, 15) is 23.3 Å². The second-order valence-electron chi connectivity index (χ2n) is 19.4. The van der Waals surface area contributed by atoms with Crippen molar-refractivity contribution in [2.24, 2.45) is 5.41 Å². The number of amides is 1. The average Bonchev–Trinajstić information content (AvgIpc) is 3.68. The number of ether oxygens (including phenoxy) is 3. The van der Waals surface area contributed by atoms with E-state index in [1.807, 2.05) is 41.3 Å². The smallest absolute Gasteiger partial charge is 0.293 e. The van der Waals surface area contributed by atoms with Crippen molar-refractivity contribution in [1.82, 2.24) is 24.5 Å². The van der Waals surface area contributed by atoms with Crippen molar-refractivity contribution >= 4 is 72.6 Å². The third-order valence-electron chi connectivity index (χ3n) is 14.1. The van der Waals surface area contributed by atoms with E-state index >= 15 is 0 Å². The molecule has 17 nitrogen and oxygen atoms in total. The lowest BCUT2D eigenvalue weighted by Gasteiger charge is -2.42. The Hall–Kier alpha value is -5.76. The number of carbonyl (C=O) groups is 1. The highest BCUT2D eigenvalue weighted by atomic mass is 35.5. The Labute approximate surface area is 406 Å². The van der Waals surface area contributed by atoms with Crippen LogP contribution in [0, 0.1) is 15.5 Å². The molecule has 5 aliphatic rings. The molecule has 1 amide bonds. The van der Waals surface area contributed by atoms with Crippen LogP contribution in [0.5, 0.6) is 5.88 Å². The van der Waals surface area contributed by atoms with Crippen LogP contribution < -0.4 is 24.6 Å². The lowest BCUT2D eigenvalue weighted by Crippen LogP contribution is -2.56. The van der Waals surface area contributed by atoms with Gasteiger partial charge in [0, 0.05) is 87.3 Å². The summed E-state index contributed by atoms with van der Waals surface area (Å²) in [6.45, 7) is 13.1. The number of H-pyrrole nitrogens is 1. The van der Waals surface area contributed by atoms with E-state index in [1.165, 1.54) is 28.8 Å². The Kier molecular flexibility index (Phi) is 13.3. The van der Waals surface area contributed by atoms with Crippen LogP contribution in [0.2, 0.25) is 5.02 Å². The van der Waals surface area contributed by atoms with E-state index in [1.54, 1.807) is 12.3 Å². The van der Waals surface area contributed by atoms with Crippen LogP contribution in [-0.2, 0) is 19.5 Å². The first kappa shape index (κ1) is 46.9. The number of benzene rings is 3. The highest BCUT2D eigenvalue weighted by molar-refractivity contribution is 7.90. The van der Waals surface area contributed by atoms with Crippen molar-refractivity contribution in [2.45, 2.75) is 56.6 Å². The van der Waals surface area contributed by atoms with Crippen molar-refractivity contribution in [3.63, 3.8) is 0 Å². The molecule has 69 heavy (non-hydrogen) atoms. The van der Waals surface area contributed by atoms with Crippen LogP contribution >= 0.6 is 11.6 Å². The SMILES string of the molecule is CC1(C)CCC(CN2CCN(c3ccc(C(=O)NS(=O)(=O)c4ccc(NC[C@H]5CN(C6COC6)CCO5)c([N+](=O)[O-])c4)c(N4CCCOc5nc6[nH]ccc6cc54)c3)CC2)=C(c2ccc(Cl)cc2)C1. The van der Waals surface area contributed by atoms with Gasteiger partial charge >= 0.3 is 0 Å². The van der Waals surface area contributed by atoms with Gasteiger partial charge in [-0.05, 0) is 96.8 Å². The number of rotatable bonds is 13. The number of hydrogen-bond acceptors (Lipinski definition) is 14. The number of nitrogens with one attached hydrogen (secondary N) is 3. The van der Waals surface area contributed by atoms with Gasteiger partial charge in [-0.3, -0.25) is 24.7 Å². The number of aromatic nitrogens is 2. The predicted octanol–water partition coefficient (Wildman–Crippen LogP) is 7.46. The topological polar surface area (TPSA) is 188 Å². The summed E-state index contributed by atoms with van der Waals surface area (Å²) in [7, 11) is -4.61. The number of pyridine rings is 1. The maximum Gasteiger partial charge on any atom is 0.293 e. The summed E-state index contributed by atoms with van der Waals surface area (Å²) in [4.78, 5) is 42.7. The fraction of sp³-hybridized carbons (Fsp3) is 0.440. The quantitative estimate of drug-likeness (QED) is 0.0779. The first-order valence-corrected chi connectivity index (χ1v) is 25.6. The summed E-state index contributed by atoms with van der Waals surface area (Å²) in [5, 5.41) is 17.0. The summed E-state index contributed by atoms with van der Waals surface area (Å²) >= 11 is 6.28. The minimum Gasteiger partial charge on any atom is -0.476 e. The average molecular weight is 981 g/mol. The van der Waals surface area contributed by atoms with E-state index in [4.69, 9.17) is 30.8 Å². The number of carbonyl (C=O) groups excluding carboxylic acids is 1. The highest BCUT2D eigenvalue weighted by Gasteiger charge is 2.34. The minimum absolute atomic E-state index is 0.104. The molecule has 2 aromatic heterocycles. The van der Waals surface area contributed by atoms with Gasteiger partial charge in [0.05, 0.1) is 59.6 Å². The Morgan fingerprint density at radius 2 is 1.78 bits per heavy atom. The van der Waals surface area contributed by atoms with E-state index in [0.717, 1.165) is 80.7 Å².